The first-order chi connectivity index (χ1) is 7.27. The smallest absolute Gasteiger partial charge is 0.0590 e. The summed E-state index contributed by atoms with van der Waals surface area (Å²) in [6.07, 6.45) is 5.47. The van der Waals surface area contributed by atoms with Gasteiger partial charge in [0.2, 0.25) is 0 Å². The second-order valence-electron chi connectivity index (χ2n) is 4.84. The molecule has 0 spiro atoms. The van der Waals surface area contributed by atoms with Crippen LogP contribution in [0.5, 0.6) is 0 Å². The second-order valence-corrected chi connectivity index (χ2v) is 4.84. The largest absolute Gasteiger partial charge is 0.380 e. The van der Waals surface area contributed by atoms with E-state index < -0.39 is 0 Å². The minimum absolute atomic E-state index is 0.742. The van der Waals surface area contributed by atoms with Crippen LogP contribution in [-0.2, 0) is 4.74 Å². The molecule has 0 amide bonds. The van der Waals surface area contributed by atoms with E-state index in [4.69, 9.17) is 4.74 Å². The van der Waals surface area contributed by atoms with E-state index in [1.54, 1.807) is 0 Å². The number of ether oxygens (including phenoxy) is 1. The molecule has 0 saturated heterocycles. The van der Waals surface area contributed by atoms with Crippen LogP contribution in [0.15, 0.2) is 0 Å². The van der Waals surface area contributed by atoms with Crippen LogP contribution in [0.4, 0.5) is 0 Å². The second kappa shape index (κ2) is 7.24. The highest BCUT2D eigenvalue weighted by atomic mass is 16.5. The molecule has 1 aliphatic rings. The van der Waals surface area contributed by atoms with Crippen molar-refractivity contribution in [3.05, 3.63) is 0 Å². The van der Waals surface area contributed by atoms with Crippen LogP contribution in [0.2, 0.25) is 0 Å². The Morgan fingerprint density at radius 3 is 2.73 bits per heavy atom. The molecule has 1 rings (SSSR count). The minimum Gasteiger partial charge on any atom is -0.380 e. The average Bonchev–Trinajstić information content (AvgIpc) is 2.26. The Morgan fingerprint density at radius 1 is 1.27 bits per heavy atom. The normalized spacial score (nSPS) is 31.8. The van der Waals surface area contributed by atoms with Crippen LogP contribution < -0.4 is 5.32 Å². The molecule has 0 aliphatic heterocycles. The van der Waals surface area contributed by atoms with E-state index in [0.29, 0.717) is 0 Å². The molecule has 2 nitrogen and oxygen atoms in total. The van der Waals surface area contributed by atoms with Gasteiger partial charge >= 0.3 is 0 Å². The van der Waals surface area contributed by atoms with E-state index in [1.165, 1.54) is 25.7 Å². The molecule has 3 unspecified atom stereocenters. The van der Waals surface area contributed by atoms with Gasteiger partial charge in [0.05, 0.1) is 6.61 Å². The van der Waals surface area contributed by atoms with Gasteiger partial charge in [-0.05, 0) is 38.0 Å². The maximum absolute atomic E-state index is 5.35. The SMILES string of the molecule is CCOCCNC1CCC(C)CC1CC. The van der Waals surface area contributed by atoms with Crippen LogP contribution in [0.25, 0.3) is 0 Å². The highest BCUT2D eigenvalue weighted by molar-refractivity contribution is 4.82. The fourth-order valence-corrected chi connectivity index (χ4v) is 2.68. The lowest BCUT2D eigenvalue weighted by Gasteiger charge is -2.35. The maximum atomic E-state index is 5.35. The summed E-state index contributed by atoms with van der Waals surface area (Å²) >= 11 is 0. The van der Waals surface area contributed by atoms with Gasteiger partial charge in [0.25, 0.3) is 0 Å². The number of hydrogen-bond acceptors (Lipinski definition) is 2. The van der Waals surface area contributed by atoms with Gasteiger partial charge in [-0.3, -0.25) is 0 Å². The van der Waals surface area contributed by atoms with Crippen molar-refractivity contribution in [2.75, 3.05) is 19.8 Å². The molecule has 1 saturated carbocycles. The van der Waals surface area contributed by atoms with Crippen molar-refractivity contribution in [2.24, 2.45) is 11.8 Å². The summed E-state index contributed by atoms with van der Waals surface area (Å²) in [5.74, 6) is 1.82. The first-order valence-electron chi connectivity index (χ1n) is 6.59. The molecular formula is C13H27NO. The molecule has 0 heterocycles. The molecule has 1 aliphatic carbocycles. The first kappa shape index (κ1) is 13.0. The van der Waals surface area contributed by atoms with E-state index in [-0.39, 0.29) is 0 Å². The topological polar surface area (TPSA) is 21.3 Å². The Kier molecular flexibility index (Phi) is 6.26. The van der Waals surface area contributed by atoms with Gasteiger partial charge in [-0.2, -0.15) is 0 Å². The zero-order valence-electron chi connectivity index (χ0n) is 10.6. The van der Waals surface area contributed by atoms with Gasteiger partial charge in [-0.25, -0.2) is 0 Å². The first-order valence-corrected chi connectivity index (χ1v) is 6.59. The third-order valence-corrected chi connectivity index (χ3v) is 3.63. The van der Waals surface area contributed by atoms with Crippen LogP contribution in [0.1, 0.15) is 46.5 Å². The Labute approximate surface area is 94.8 Å². The Balaban J connectivity index is 2.20. The van der Waals surface area contributed by atoms with Crippen molar-refractivity contribution >= 4 is 0 Å². The molecule has 0 aromatic rings. The summed E-state index contributed by atoms with van der Waals surface area (Å²) in [4.78, 5) is 0. The van der Waals surface area contributed by atoms with Crippen LogP contribution in [0.3, 0.4) is 0 Å². The van der Waals surface area contributed by atoms with Gasteiger partial charge < -0.3 is 10.1 Å². The van der Waals surface area contributed by atoms with E-state index in [1.807, 2.05) is 0 Å². The monoisotopic (exact) mass is 213 g/mol. The molecule has 90 valence electrons. The van der Waals surface area contributed by atoms with Crippen molar-refractivity contribution in [3.8, 4) is 0 Å². The zero-order chi connectivity index (χ0) is 11.1. The number of hydrogen-bond donors (Lipinski definition) is 1. The summed E-state index contributed by atoms with van der Waals surface area (Å²) in [5.41, 5.74) is 0. The average molecular weight is 213 g/mol. The summed E-state index contributed by atoms with van der Waals surface area (Å²) in [6, 6.07) is 0.742. The number of nitrogens with one attached hydrogen (secondary N) is 1. The van der Waals surface area contributed by atoms with Gasteiger partial charge in [0, 0.05) is 19.2 Å². The maximum Gasteiger partial charge on any atom is 0.0590 e. The fraction of sp³-hybridized carbons (Fsp3) is 1.00. The van der Waals surface area contributed by atoms with Crippen LogP contribution in [-0.4, -0.2) is 25.8 Å². The van der Waals surface area contributed by atoms with Crippen LogP contribution >= 0.6 is 0 Å². The molecule has 15 heavy (non-hydrogen) atoms. The van der Waals surface area contributed by atoms with Crippen LogP contribution in [0, 0.1) is 11.8 Å². The molecule has 3 atom stereocenters. The third-order valence-electron chi connectivity index (χ3n) is 3.63. The molecule has 0 radical (unpaired) electrons. The van der Waals surface area contributed by atoms with Gasteiger partial charge in [0.1, 0.15) is 0 Å². The van der Waals surface area contributed by atoms with Crippen molar-refractivity contribution < 1.29 is 4.74 Å². The molecule has 1 fully saturated rings. The summed E-state index contributed by atoms with van der Waals surface area (Å²) in [5, 5.41) is 3.65. The molecule has 2 heteroatoms. The predicted octanol–water partition coefficient (Wildman–Crippen LogP) is 2.83. The standard InChI is InChI=1S/C13H27NO/c1-4-12-10-11(3)6-7-13(12)14-8-9-15-5-2/h11-14H,4-10H2,1-3H3. The molecule has 0 bridgehead atoms. The Morgan fingerprint density at radius 2 is 2.07 bits per heavy atom. The lowest BCUT2D eigenvalue weighted by Crippen LogP contribution is -2.41. The fourth-order valence-electron chi connectivity index (χ4n) is 2.68. The molecule has 0 aromatic carbocycles. The van der Waals surface area contributed by atoms with Gasteiger partial charge in [-0.1, -0.05) is 20.3 Å². The van der Waals surface area contributed by atoms with Crippen molar-refractivity contribution in [1.82, 2.24) is 5.32 Å². The number of rotatable bonds is 6. The van der Waals surface area contributed by atoms with E-state index in [0.717, 1.165) is 37.6 Å². The molecular weight excluding hydrogens is 186 g/mol. The van der Waals surface area contributed by atoms with Gasteiger partial charge in [-0.15, -0.1) is 0 Å². The van der Waals surface area contributed by atoms with Gasteiger partial charge in [0.15, 0.2) is 0 Å². The van der Waals surface area contributed by atoms with E-state index in [2.05, 4.69) is 26.1 Å². The highest BCUT2D eigenvalue weighted by Crippen LogP contribution is 2.30. The quantitative estimate of drug-likeness (QED) is 0.685. The van der Waals surface area contributed by atoms with Crippen molar-refractivity contribution in [1.29, 1.82) is 0 Å². The molecule has 0 aromatic heterocycles. The minimum atomic E-state index is 0.742. The predicted molar refractivity (Wildman–Crippen MR) is 65.1 cm³/mol. The third kappa shape index (κ3) is 4.52. The van der Waals surface area contributed by atoms with E-state index >= 15 is 0 Å². The lowest BCUT2D eigenvalue weighted by molar-refractivity contribution is 0.135. The Hall–Kier alpha value is -0.0800. The van der Waals surface area contributed by atoms with Crippen molar-refractivity contribution in [3.63, 3.8) is 0 Å². The summed E-state index contributed by atoms with van der Waals surface area (Å²) in [7, 11) is 0. The summed E-state index contributed by atoms with van der Waals surface area (Å²) < 4.78 is 5.35. The van der Waals surface area contributed by atoms with E-state index in [9.17, 15) is 0 Å². The zero-order valence-corrected chi connectivity index (χ0v) is 10.6. The summed E-state index contributed by atoms with van der Waals surface area (Å²) in [6.45, 7) is 9.47. The highest BCUT2D eigenvalue weighted by Gasteiger charge is 2.26. The van der Waals surface area contributed by atoms with Crippen molar-refractivity contribution in [2.45, 2.75) is 52.5 Å². The molecule has 1 N–H and O–H groups in total. The Bertz CT molecular complexity index is 161. The lowest BCUT2D eigenvalue weighted by atomic mass is 9.77.